The summed E-state index contributed by atoms with van der Waals surface area (Å²) >= 11 is 0. The van der Waals surface area contributed by atoms with Gasteiger partial charge in [0.1, 0.15) is 18.4 Å². The van der Waals surface area contributed by atoms with E-state index in [9.17, 15) is 4.79 Å². The van der Waals surface area contributed by atoms with E-state index in [1.807, 2.05) is 32.0 Å². The van der Waals surface area contributed by atoms with Crippen LogP contribution in [0.2, 0.25) is 0 Å². The van der Waals surface area contributed by atoms with Crippen LogP contribution in [0.15, 0.2) is 18.2 Å². The van der Waals surface area contributed by atoms with Crippen LogP contribution in [0.25, 0.3) is 0 Å². The average Bonchev–Trinajstić information content (AvgIpc) is 3.10. The van der Waals surface area contributed by atoms with Crippen LogP contribution in [0.1, 0.15) is 24.0 Å². The number of rotatable bonds is 6. The van der Waals surface area contributed by atoms with Crippen molar-refractivity contribution in [1.29, 1.82) is 0 Å². The van der Waals surface area contributed by atoms with E-state index in [2.05, 4.69) is 5.32 Å². The highest BCUT2D eigenvalue weighted by Gasteiger charge is 2.27. The van der Waals surface area contributed by atoms with Gasteiger partial charge >= 0.3 is 0 Å². The van der Waals surface area contributed by atoms with Gasteiger partial charge in [-0.15, -0.1) is 0 Å². The van der Waals surface area contributed by atoms with Gasteiger partial charge in [0.2, 0.25) is 5.91 Å². The van der Waals surface area contributed by atoms with E-state index in [-0.39, 0.29) is 12.5 Å². The van der Waals surface area contributed by atoms with Gasteiger partial charge in [-0.05, 0) is 37.8 Å². The van der Waals surface area contributed by atoms with Crippen molar-refractivity contribution in [1.82, 2.24) is 5.32 Å². The molecule has 1 aromatic carbocycles. The largest absolute Gasteiger partial charge is 0.491 e. The first-order valence-electron chi connectivity index (χ1n) is 6.32. The van der Waals surface area contributed by atoms with E-state index >= 15 is 0 Å². The molecule has 1 fully saturated rings. The summed E-state index contributed by atoms with van der Waals surface area (Å²) in [5.41, 5.74) is 7.52. The van der Waals surface area contributed by atoms with Gasteiger partial charge < -0.3 is 15.8 Å². The number of carbonyl (C=O) groups is 1. The van der Waals surface area contributed by atoms with Crippen molar-refractivity contribution in [3.8, 4) is 5.75 Å². The number of hydrogen-bond acceptors (Lipinski definition) is 3. The molecule has 4 nitrogen and oxygen atoms in total. The van der Waals surface area contributed by atoms with Crippen LogP contribution in [0, 0.1) is 13.8 Å². The molecular formula is C14H20N2O2. The third-order valence-corrected chi connectivity index (χ3v) is 3.16. The number of carbonyl (C=O) groups excluding carboxylic acids is 1. The SMILES string of the molecule is Cc1cccc(C)c1OCC(NC1CC1)C(N)=O. The Morgan fingerprint density at radius 1 is 1.44 bits per heavy atom. The number of primary amides is 1. The van der Waals surface area contributed by atoms with Crippen molar-refractivity contribution in [2.75, 3.05) is 6.61 Å². The number of nitrogens with one attached hydrogen (secondary N) is 1. The first-order valence-corrected chi connectivity index (χ1v) is 6.32. The Hall–Kier alpha value is -1.55. The molecule has 1 aromatic rings. The number of aryl methyl sites for hydroxylation is 2. The second kappa shape index (κ2) is 5.40. The van der Waals surface area contributed by atoms with Crippen LogP contribution in [0.3, 0.4) is 0 Å². The molecule has 0 aromatic heterocycles. The molecule has 0 radical (unpaired) electrons. The van der Waals surface area contributed by atoms with E-state index in [1.165, 1.54) is 0 Å². The van der Waals surface area contributed by atoms with Crippen LogP contribution in [0.4, 0.5) is 0 Å². The Kier molecular flexibility index (Phi) is 3.87. The van der Waals surface area contributed by atoms with Crippen LogP contribution >= 0.6 is 0 Å². The van der Waals surface area contributed by atoms with Gasteiger partial charge in [0, 0.05) is 6.04 Å². The maximum Gasteiger partial charge on any atom is 0.238 e. The van der Waals surface area contributed by atoms with Crippen LogP contribution < -0.4 is 15.8 Å². The molecule has 1 aliphatic carbocycles. The van der Waals surface area contributed by atoms with E-state index < -0.39 is 6.04 Å². The predicted octanol–water partition coefficient (Wildman–Crippen LogP) is 1.29. The van der Waals surface area contributed by atoms with E-state index in [0.29, 0.717) is 6.04 Å². The number of amides is 1. The van der Waals surface area contributed by atoms with Gasteiger partial charge in [0.15, 0.2) is 0 Å². The number of ether oxygens (including phenoxy) is 1. The number of hydrogen-bond donors (Lipinski definition) is 2. The summed E-state index contributed by atoms with van der Waals surface area (Å²) in [5.74, 6) is 0.495. The molecule has 1 aliphatic rings. The zero-order chi connectivity index (χ0) is 13.1. The fraction of sp³-hybridized carbons (Fsp3) is 0.500. The highest BCUT2D eigenvalue weighted by atomic mass is 16.5. The molecule has 1 unspecified atom stereocenters. The Labute approximate surface area is 108 Å². The topological polar surface area (TPSA) is 64.3 Å². The summed E-state index contributed by atoms with van der Waals surface area (Å²) in [4.78, 5) is 11.3. The van der Waals surface area contributed by atoms with Crippen molar-refractivity contribution in [2.45, 2.75) is 38.8 Å². The van der Waals surface area contributed by atoms with Gasteiger partial charge in [-0.2, -0.15) is 0 Å². The molecule has 4 heteroatoms. The highest BCUT2D eigenvalue weighted by molar-refractivity contribution is 5.80. The minimum absolute atomic E-state index is 0.289. The van der Waals surface area contributed by atoms with Crippen molar-refractivity contribution >= 4 is 5.91 Å². The average molecular weight is 248 g/mol. The normalized spacial score (nSPS) is 16.3. The molecule has 0 spiro atoms. The summed E-state index contributed by atoms with van der Waals surface area (Å²) < 4.78 is 5.76. The molecule has 1 amide bonds. The van der Waals surface area contributed by atoms with Gasteiger partial charge in [0.05, 0.1) is 0 Å². The number of para-hydroxylation sites is 1. The Balaban J connectivity index is 1.97. The first-order chi connectivity index (χ1) is 8.58. The fourth-order valence-electron chi connectivity index (χ4n) is 1.94. The smallest absolute Gasteiger partial charge is 0.238 e. The van der Waals surface area contributed by atoms with Crippen molar-refractivity contribution < 1.29 is 9.53 Å². The minimum atomic E-state index is -0.406. The lowest BCUT2D eigenvalue weighted by atomic mass is 10.1. The lowest BCUT2D eigenvalue weighted by molar-refractivity contribution is -0.120. The Morgan fingerprint density at radius 3 is 2.56 bits per heavy atom. The maximum atomic E-state index is 11.3. The van der Waals surface area contributed by atoms with Crippen molar-refractivity contribution in [2.24, 2.45) is 5.73 Å². The highest BCUT2D eigenvalue weighted by Crippen LogP contribution is 2.23. The van der Waals surface area contributed by atoms with Gasteiger partial charge in [0.25, 0.3) is 0 Å². The lowest BCUT2D eigenvalue weighted by Gasteiger charge is -2.18. The fourth-order valence-corrected chi connectivity index (χ4v) is 1.94. The first kappa shape index (κ1) is 12.9. The third-order valence-electron chi connectivity index (χ3n) is 3.16. The molecular weight excluding hydrogens is 228 g/mol. The van der Waals surface area contributed by atoms with Gasteiger partial charge in [-0.25, -0.2) is 0 Å². The molecule has 98 valence electrons. The molecule has 0 heterocycles. The molecule has 1 saturated carbocycles. The van der Waals surface area contributed by atoms with Gasteiger partial charge in [-0.3, -0.25) is 4.79 Å². The monoisotopic (exact) mass is 248 g/mol. The summed E-state index contributed by atoms with van der Waals surface area (Å²) in [7, 11) is 0. The Bertz CT molecular complexity index is 421. The summed E-state index contributed by atoms with van der Waals surface area (Å²) in [5, 5.41) is 3.20. The van der Waals surface area contributed by atoms with Gasteiger partial charge in [-0.1, -0.05) is 18.2 Å². The summed E-state index contributed by atoms with van der Waals surface area (Å²) in [6, 6.07) is 6.01. The van der Waals surface area contributed by atoms with Crippen LogP contribution in [0.5, 0.6) is 5.75 Å². The predicted molar refractivity (Wildman–Crippen MR) is 70.6 cm³/mol. The second-order valence-corrected chi connectivity index (χ2v) is 4.93. The molecule has 1 atom stereocenters. The van der Waals surface area contributed by atoms with Crippen molar-refractivity contribution in [3.05, 3.63) is 29.3 Å². The minimum Gasteiger partial charge on any atom is -0.491 e. The van der Waals surface area contributed by atoms with E-state index in [1.54, 1.807) is 0 Å². The summed E-state index contributed by atoms with van der Waals surface area (Å²) in [6.45, 7) is 4.28. The quantitative estimate of drug-likeness (QED) is 0.797. The summed E-state index contributed by atoms with van der Waals surface area (Å²) in [6.07, 6.45) is 2.24. The van der Waals surface area contributed by atoms with Crippen LogP contribution in [-0.4, -0.2) is 24.6 Å². The lowest BCUT2D eigenvalue weighted by Crippen LogP contribution is -2.46. The molecule has 18 heavy (non-hydrogen) atoms. The third kappa shape index (κ3) is 3.23. The van der Waals surface area contributed by atoms with E-state index in [4.69, 9.17) is 10.5 Å². The van der Waals surface area contributed by atoms with E-state index in [0.717, 1.165) is 29.7 Å². The van der Waals surface area contributed by atoms with Crippen LogP contribution in [-0.2, 0) is 4.79 Å². The molecule has 0 bridgehead atoms. The Morgan fingerprint density at radius 2 is 2.06 bits per heavy atom. The standard InChI is InChI=1S/C14H20N2O2/c1-9-4-3-5-10(2)13(9)18-8-12(14(15)17)16-11-6-7-11/h3-5,11-12,16H,6-8H2,1-2H3,(H2,15,17). The zero-order valence-electron chi connectivity index (χ0n) is 10.9. The molecule has 0 saturated heterocycles. The molecule has 2 rings (SSSR count). The molecule has 3 N–H and O–H groups in total. The molecule has 0 aliphatic heterocycles. The van der Waals surface area contributed by atoms with Crippen molar-refractivity contribution in [3.63, 3.8) is 0 Å². The second-order valence-electron chi connectivity index (χ2n) is 4.93. The maximum absolute atomic E-state index is 11.3. The zero-order valence-corrected chi connectivity index (χ0v) is 10.9. The number of benzene rings is 1. The number of nitrogens with two attached hydrogens (primary N) is 1.